The summed E-state index contributed by atoms with van der Waals surface area (Å²) in [6, 6.07) is 0.594. The van der Waals surface area contributed by atoms with Crippen molar-refractivity contribution in [3.63, 3.8) is 0 Å². The number of hydrogen-bond acceptors (Lipinski definition) is 4. The molecule has 0 spiro atoms. The summed E-state index contributed by atoms with van der Waals surface area (Å²) in [5, 5.41) is 3.07. The van der Waals surface area contributed by atoms with Crippen LogP contribution in [0.2, 0.25) is 0 Å². The van der Waals surface area contributed by atoms with E-state index in [1.54, 1.807) is 0 Å². The number of esters is 1. The summed E-state index contributed by atoms with van der Waals surface area (Å²) in [5.41, 5.74) is -0.559. The van der Waals surface area contributed by atoms with E-state index in [2.05, 4.69) is 38.0 Å². The van der Waals surface area contributed by atoms with Crippen molar-refractivity contribution < 1.29 is 9.53 Å². The fraction of sp³-hybridized carbons (Fsp3) is 0.933. The molecule has 0 aliphatic rings. The van der Waals surface area contributed by atoms with Gasteiger partial charge in [0.2, 0.25) is 0 Å². The van der Waals surface area contributed by atoms with Gasteiger partial charge in [0.05, 0.1) is 7.11 Å². The van der Waals surface area contributed by atoms with E-state index in [0.29, 0.717) is 12.0 Å². The maximum atomic E-state index is 11.7. The Bertz CT molecular complexity index is 269. The lowest BCUT2D eigenvalue weighted by molar-refractivity contribution is -0.148. The summed E-state index contributed by atoms with van der Waals surface area (Å²) < 4.78 is 4.84. The van der Waals surface area contributed by atoms with Crippen molar-refractivity contribution in [1.82, 2.24) is 10.2 Å². The van der Waals surface area contributed by atoms with Crippen molar-refractivity contribution in [3.05, 3.63) is 0 Å². The Morgan fingerprint density at radius 2 is 1.89 bits per heavy atom. The number of hydrogen-bond donors (Lipinski definition) is 1. The molecule has 2 unspecified atom stereocenters. The van der Waals surface area contributed by atoms with Crippen molar-refractivity contribution in [1.29, 1.82) is 0 Å². The third-order valence-electron chi connectivity index (χ3n) is 4.29. The number of rotatable bonds is 9. The molecule has 0 rings (SSSR count). The molecule has 0 bridgehead atoms. The molecule has 0 saturated carbocycles. The van der Waals surface area contributed by atoms with E-state index in [9.17, 15) is 4.79 Å². The third-order valence-corrected chi connectivity index (χ3v) is 4.29. The first kappa shape index (κ1) is 18.4. The standard InChI is InChI=1S/C15H32N2O2/c1-12(2)13(3)17(6)11-9-8-10-15(4,16-5)14(18)19-7/h12-13,16H,8-11H2,1-7H3. The molecule has 2 atom stereocenters. The Morgan fingerprint density at radius 1 is 1.32 bits per heavy atom. The number of nitrogens with one attached hydrogen (secondary N) is 1. The zero-order valence-corrected chi connectivity index (χ0v) is 13.7. The smallest absolute Gasteiger partial charge is 0.325 e. The molecule has 1 N–H and O–H groups in total. The average molecular weight is 272 g/mol. The second-order valence-electron chi connectivity index (χ2n) is 6.00. The van der Waals surface area contributed by atoms with Crippen LogP contribution in [0.4, 0.5) is 0 Å². The van der Waals surface area contributed by atoms with Gasteiger partial charge in [0.25, 0.3) is 0 Å². The summed E-state index contributed by atoms with van der Waals surface area (Å²) in [6.45, 7) is 9.73. The normalized spacial score (nSPS) is 16.5. The van der Waals surface area contributed by atoms with Crippen molar-refractivity contribution in [3.8, 4) is 0 Å². The van der Waals surface area contributed by atoms with E-state index < -0.39 is 5.54 Å². The quantitative estimate of drug-likeness (QED) is 0.516. The maximum absolute atomic E-state index is 11.7. The van der Waals surface area contributed by atoms with Crippen LogP contribution < -0.4 is 5.32 Å². The molecule has 0 radical (unpaired) electrons. The van der Waals surface area contributed by atoms with Crippen LogP contribution in [0.3, 0.4) is 0 Å². The molecule has 4 nitrogen and oxygen atoms in total. The first-order chi connectivity index (χ1) is 8.78. The first-order valence-electron chi connectivity index (χ1n) is 7.26. The Labute approximate surface area is 118 Å². The van der Waals surface area contributed by atoms with E-state index in [1.807, 2.05) is 14.0 Å². The monoisotopic (exact) mass is 272 g/mol. The topological polar surface area (TPSA) is 41.6 Å². The van der Waals surface area contributed by atoms with E-state index in [4.69, 9.17) is 4.74 Å². The predicted octanol–water partition coefficient (Wildman–Crippen LogP) is 2.28. The minimum atomic E-state index is -0.559. The highest BCUT2D eigenvalue weighted by molar-refractivity contribution is 5.80. The van der Waals surface area contributed by atoms with Gasteiger partial charge in [0, 0.05) is 6.04 Å². The van der Waals surface area contributed by atoms with Gasteiger partial charge in [-0.2, -0.15) is 0 Å². The highest BCUT2D eigenvalue weighted by Crippen LogP contribution is 2.16. The molecule has 0 aliphatic carbocycles. The Hall–Kier alpha value is -0.610. The zero-order chi connectivity index (χ0) is 15.1. The summed E-state index contributed by atoms with van der Waals surface area (Å²) in [4.78, 5) is 14.1. The molecule has 0 aromatic carbocycles. The minimum Gasteiger partial charge on any atom is -0.468 e. The zero-order valence-electron chi connectivity index (χ0n) is 13.7. The Kier molecular flexibility index (Phi) is 8.26. The number of nitrogens with zero attached hydrogens (tertiary/aromatic N) is 1. The van der Waals surface area contributed by atoms with Crippen LogP contribution in [-0.4, -0.2) is 50.2 Å². The summed E-state index contributed by atoms with van der Waals surface area (Å²) in [7, 11) is 5.42. The van der Waals surface area contributed by atoms with Gasteiger partial charge in [-0.15, -0.1) is 0 Å². The highest BCUT2D eigenvalue weighted by atomic mass is 16.5. The lowest BCUT2D eigenvalue weighted by Crippen LogP contribution is -2.48. The van der Waals surface area contributed by atoms with Crippen molar-refractivity contribution in [2.24, 2.45) is 5.92 Å². The molecule has 114 valence electrons. The lowest BCUT2D eigenvalue weighted by Gasteiger charge is -2.29. The third kappa shape index (κ3) is 5.91. The van der Waals surface area contributed by atoms with Crippen LogP contribution >= 0.6 is 0 Å². The van der Waals surface area contributed by atoms with E-state index in [1.165, 1.54) is 7.11 Å². The van der Waals surface area contributed by atoms with Gasteiger partial charge in [-0.05, 0) is 59.7 Å². The largest absolute Gasteiger partial charge is 0.468 e. The highest BCUT2D eigenvalue weighted by Gasteiger charge is 2.31. The molecule has 0 aromatic rings. The number of likely N-dealkylation sites (N-methyl/N-ethyl adjacent to an activating group) is 1. The van der Waals surface area contributed by atoms with Crippen LogP contribution in [0.5, 0.6) is 0 Å². The van der Waals surface area contributed by atoms with Crippen LogP contribution in [-0.2, 0) is 9.53 Å². The van der Waals surface area contributed by atoms with Gasteiger partial charge < -0.3 is 15.0 Å². The molecule has 0 heterocycles. The molecular formula is C15H32N2O2. The molecule has 0 aromatic heterocycles. The molecule has 0 amide bonds. The maximum Gasteiger partial charge on any atom is 0.325 e. The summed E-state index contributed by atoms with van der Waals surface area (Å²) in [6.07, 6.45) is 2.92. The molecular weight excluding hydrogens is 240 g/mol. The van der Waals surface area contributed by atoms with Gasteiger partial charge in [-0.3, -0.25) is 4.79 Å². The van der Waals surface area contributed by atoms with Crippen LogP contribution in [0.25, 0.3) is 0 Å². The van der Waals surface area contributed by atoms with Crippen LogP contribution in [0, 0.1) is 5.92 Å². The average Bonchev–Trinajstić information content (AvgIpc) is 2.40. The van der Waals surface area contributed by atoms with Gasteiger partial charge >= 0.3 is 5.97 Å². The SMILES string of the molecule is CNC(C)(CCCCN(C)C(C)C(C)C)C(=O)OC. The summed E-state index contributed by atoms with van der Waals surface area (Å²) in [5.74, 6) is 0.488. The fourth-order valence-corrected chi connectivity index (χ4v) is 2.11. The molecule has 4 heteroatoms. The minimum absolute atomic E-state index is 0.182. The Morgan fingerprint density at radius 3 is 2.32 bits per heavy atom. The number of ether oxygens (including phenoxy) is 1. The van der Waals surface area contributed by atoms with E-state index >= 15 is 0 Å². The molecule has 0 fully saturated rings. The molecule has 0 saturated heterocycles. The number of carbonyl (C=O) groups excluding carboxylic acids is 1. The van der Waals surface area contributed by atoms with Crippen molar-refractivity contribution in [2.75, 3.05) is 27.7 Å². The first-order valence-corrected chi connectivity index (χ1v) is 7.26. The van der Waals surface area contributed by atoms with Gasteiger partial charge in [0.1, 0.15) is 5.54 Å². The second-order valence-corrected chi connectivity index (χ2v) is 6.00. The number of methoxy groups -OCH3 is 1. The van der Waals surface area contributed by atoms with Crippen molar-refractivity contribution in [2.45, 2.75) is 58.5 Å². The van der Waals surface area contributed by atoms with Crippen LogP contribution in [0.15, 0.2) is 0 Å². The predicted molar refractivity (Wildman–Crippen MR) is 80.3 cm³/mol. The second kappa shape index (κ2) is 8.54. The fourth-order valence-electron chi connectivity index (χ4n) is 2.11. The Balaban J connectivity index is 4.06. The molecule has 0 aliphatic heterocycles. The number of unbranched alkanes of at least 4 members (excludes halogenated alkanes) is 1. The van der Waals surface area contributed by atoms with Gasteiger partial charge in [0.15, 0.2) is 0 Å². The lowest BCUT2D eigenvalue weighted by atomic mass is 9.95. The number of carbonyl (C=O) groups is 1. The molecule has 19 heavy (non-hydrogen) atoms. The van der Waals surface area contributed by atoms with Crippen molar-refractivity contribution >= 4 is 5.97 Å². The van der Waals surface area contributed by atoms with Gasteiger partial charge in [-0.25, -0.2) is 0 Å². The van der Waals surface area contributed by atoms with E-state index in [0.717, 1.165) is 25.8 Å². The summed E-state index contributed by atoms with van der Waals surface area (Å²) >= 11 is 0. The van der Waals surface area contributed by atoms with Gasteiger partial charge in [-0.1, -0.05) is 13.8 Å². The van der Waals surface area contributed by atoms with E-state index in [-0.39, 0.29) is 5.97 Å². The van der Waals surface area contributed by atoms with Crippen LogP contribution in [0.1, 0.15) is 47.0 Å².